The van der Waals surface area contributed by atoms with Crippen molar-refractivity contribution in [3.63, 3.8) is 0 Å². The third kappa shape index (κ3) is 10.9. The molecule has 2 atom stereocenters. The smallest absolute Gasteiger partial charge is 0.425 e. The molecule has 2 fully saturated rings. The summed E-state index contributed by atoms with van der Waals surface area (Å²) in [7, 11) is 1.34. The highest BCUT2D eigenvalue weighted by molar-refractivity contribution is 7.10. The van der Waals surface area contributed by atoms with Gasteiger partial charge < -0.3 is 19.3 Å². The Hall–Kier alpha value is -3.76. The lowest BCUT2D eigenvalue weighted by atomic mass is 9.87. The van der Waals surface area contributed by atoms with Crippen molar-refractivity contribution in [2.45, 2.75) is 64.5 Å². The van der Waals surface area contributed by atoms with E-state index in [1.54, 1.807) is 17.9 Å². The zero-order valence-electron chi connectivity index (χ0n) is 29.2. The quantitative estimate of drug-likeness (QED) is 0.250. The number of ether oxygens (including phenoxy) is 2. The van der Waals surface area contributed by atoms with Crippen molar-refractivity contribution < 1.29 is 49.8 Å². The molecule has 52 heavy (non-hydrogen) atoms. The summed E-state index contributed by atoms with van der Waals surface area (Å²) in [5.41, 5.74) is 0.0301. The number of piperidine rings is 1. The third-order valence-electron chi connectivity index (χ3n) is 9.11. The van der Waals surface area contributed by atoms with Crippen LogP contribution in [0.15, 0.2) is 48.0 Å². The first-order chi connectivity index (χ1) is 24.6. The molecule has 1 unspecified atom stereocenters. The number of thiophene rings is 1. The van der Waals surface area contributed by atoms with Crippen LogP contribution in [-0.4, -0.2) is 90.6 Å². The molecule has 2 amide bonds. The molecular formula is C36H43F7N4O4S. The van der Waals surface area contributed by atoms with Gasteiger partial charge in [-0.1, -0.05) is 13.0 Å². The Bertz CT molecular complexity index is 1630. The molecule has 0 aliphatic carbocycles. The average Bonchev–Trinajstić information content (AvgIpc) is 3.63. The summed E-state index contributed by atoms with van der Waals surface area (Å²) in [5, 5.41) is 1.32. The van der Waals surface area contributed by atoms with Crippen molar-refractivity contribution in [1.29, 1.82) is 0 Å². The first-order valence-corrected chi connectivity index (χ1v) is 17.9. The predicted octanol–water partition coefficient (Wildman–Crippen LogP) is 7.57. The SMILES string of the molecule is CC1[C@H](C(=O)N2CCc3cc(F)ccc3C2)CCCN1C(=O)c1ncccc1C(F)(F)F.CCCN1CCOCC1.COc1csc(C(F)(F)F)c1. The van der Waals surface area contributed by atoms with Crippen LogP contribution in [0.5, 0.6) is 5.75 Å². The summed E-state index contributed by atoms with van der Waals surface area (Å²) >= 11 is 0.631. The van der Waals surface area contributed by atoms with Gasteiger partial charge in [-0.15, -0.1) is 11.3 Å². The Morgan fingerprint density at radius 1 is 1.00 bits per heavy atom. The van der Waals surface area contributed by atoms with Crippen LogP contribution < -0.4 is 4.74 Å². The Morgan fingerprint density at radius 2 is 1.73 bits per heavy atom. The van der Waals surface area contributed by atoms with Crippen LogP contribution in [0.2, 0.25) is 0 Å². The number of pyridine rings is 1. The number of morpholine rings is 1. The highest BCUT2D eigenvalue weighted by atomic mass is 32.1. The van der Waals surface area contributed by atoms with Gasteiger partial charge in [0.15, 0.2) is 0 Å². The number of methoxy groups -OCH3 is 1. The normalized spacial score (nSPS) is 19.4. The monoisotopic (exact) mass is 760 g/mol. The summed E-state index contributed by atoms with van der Waals surface area (Å²) in [4.78, 5) is 34.9. The summed E-state index contributed by atoms with van der Waals surface area (Å²) in [6, 6.07) is 6.90. The molecule has 16 heteroatoms. The van der Waals surface area contributed by atoms with Crippen molar-refractivity contribution in [2.75, 3.05) is 53.0 Å². The topological polar surface area (TPSA) is 75.2 Å². The fourth-order valence-corrected chi connectivity index (χ4v) is 7.09. The van der Waals surface area contributed by atoms with Gasteiger partial charge in [-0.3, -0.25) is 19.5 Å². The fourth-order valence-electron chi connectivity index (χ4n) is 6.36. The molecule has 0 saturated carbocycles. The maximum atomic E-state index is 13.5. The van der Waals surface area contributed by atoms with Crippen LogP contribution in [0.3, 0.4) is 0 Å². The first kappa shape index (κ1) is 41.0. The summed E-state index contributed by atoms with van der Waals surface area (Å²) in [6.45, 7) is 10.3. The third-order valence-corrected chi connectivity index (χ3v) is 10.1. The maximum absolute atomic E-state index is 13.5. The standard InChI is InChI=1S/C23H23F4N3O2.C7H15NO.C6H5F3OS/c1-14-18(21(31)29-11-8-15-12-17(24)7-6-16(15)13-29)4-3-10-30(14)22(32)20-19(23(25,26)27)5-2-9-28-20;1-2-3-8-4-6-9-7-5-8;1-10-4-2-5(11-3-4)6(7,8)9/h2,5-7,9,12,14,18H,3-4,8,10-11,13H2,1H3;2-7H2,1H3;2-3H,1H3/t14?,18-;;/m1../s1. The lowest BCUT2D eigenvalue weighted by molar-refractivity contribution is -0.140. The summed E-state index contributed by atoms with van der Waals surface area (Å²) in [6.07, 6.45) is -4.93. The number of benzene rings is 1. The van der Waals surface area contributed by atoms with E-state index in [-0.39, 0.29) is 24.0 Å². The molecular weight excluding hydrogens is 717 g/mol. The minimum atomic E-state index is -4.70. The van der Waals surface area contributed by atoms with Crippen LogP contribution in [0.4, 0.5) is 30.7 Å². The molecule has 2 aromatic heterocycles. The number of fused-ring (bicyclic) bond motifs is 1. The Balaban J connectivity index is 0.000000245. The van der Waals surface area contributed by atoms with Gasteiger partial charge in [0.1, 0.15) is 22.1 Å². The van der Waals surface area contributed by atoms with Gasteiger partial charge in [0.2, 0.25) is 5.91 Å². The Labute approximate surface area is 302 Å². The number of carbonyl (C=O) groups excluding carboxylic acids is 2. The van der Waals surface area contributed by atoms with Crippen molar-refractivity contribution in [1.82, 2.24) is 19.7 Å². The number of likely N-dealkylation sites (tertiary alicyclic amines) is 1. The number of amides is 2. The van der Waals surface area contributed by atoms with E-state index in [0.717, 1.165) is 61.8 Å². The van der Waals surface area contributed by atoms with Gasteiger partial charge in [0, 0.05) is 56.4 Å². The van der Waals surface area contributed by atoms with Crippen molar-refractivity contribution in [3.05, 3.63) is 81.1 Å². The van der Waals surface area contributed by atoms with Gasteiger partial charge in [-0.2, -0.15) is 26.3 Å². The van der Waals surface area contributed by atoms with E-state index in [0.29, 0.717) is 43.7 Å². The molecule has 286 valence electrons. The minimum absolute atomic E-state index is 0.137. The van der Waals surface area contributed by atoms with Crippen molar-refractivity contribution in [3.8, 4) is 5.75 Å². The van der Waals surface area contributed by atoms with Gasteiger partial charge in [-0.05, 0) is 74.5 Å². The zero-order valence-corrected chi connectivity index (χ0v) is 30.1. The van der Waals surface area contributed by atoms with Gasteiger partial charge in [0.05, 0.1) is 31.8 Å². The lowest BCUT2D eigenvalue weighted by Gasteiger charge is -2.41. The van der Waals surface area contributed by atoms with E-state index >= 15 is 0 Å². The number of rotatable bonds is 5. The maximum Gasteiger partial charge on any atom is 0.425 e. The van der Waals surface area contributed by atoms with Gasteiger partial charge in [0.25, 0.3) is 5.91 Å². The van der Waals surface area contributed by atoms with E-state index < -0.39 is 46.4 Å². The number of halogens is 7. The number of hydrogen-bond acceptors (Lipinski definition) is 7. The molecule has 0 radical (unpaired) electrons. The number of nitrogens with zero attached hydrogens (tertiary/aromatic N) is 4. The van der Waals surface area contributed by atoms with Crippen LogP contribution >= 0.6 is 11.3 Å². The number of alkyl halides is 6. The second-order valence-electron chi connectivity index (χ2n) is 12.6. The number of aromatic nitrogens is 1. The Morgan fingerprint density at radius 3 is 2.35 bits per heavy atom. The van der Waals surface area contributed by atoms with Crippen molar-refractivity contribution in [2.24, 2.45) is 5.92 Å². The van der Waals surface area contributed by atoms with Crippen LogP contribution in [-0.2, 0) is 34.8 Å². The van der Waals surface area contributed by atoms with E-state index in [2.05, 4.69) is 21.5 Å². The molecule has 3 aliphatic rings. The van der Waals surface area contributed by atoms with Crippen LogP contribution in [0.1, 0.15) is 65.2 Å². The number of hydrogen-bond donors (Lipinski definition) is 0. The summed E-state index contributed by atoms with van der Waals surface area (Å²) < 4.78 is 99.1. The molecule has 5 heterocycles. The first-order valence-electron chi connectivity index (χ1n) is 17.0. The molecule has 6 rings (SSSR count). The molecule has 2 saturated heterocycles. The van der Waals surface area contributed by atoms with Crippen LogP contribution in [0.25, 0.3) is 0 Å². The average molecular weight is 761 g/mol. The molecule has 0 N–H and O–H groups in total. The molecule has 8 nitrogen and oxygen atoms in total. The molecule has 1 aromatic carbocycles. The highest BCUT2D eigenvalue weighted by Gasteiger charge is 2.42. The van der Waals surface area contributed by atoms with E-state index in [1.807, 2.05) is 0 Å². The van der Waals surface area contributed by atoms with E-state index in [1.165, 1.54) is 42.5 Å². The Kier molecular flexibility index (Phi) is 14.5. The second-order valence-corrected chi connectivity index (χ2v) is 13.5. The largest absolute Gasteiger partial charge is 0.496 e. The second kappa shape index (κ2) is 18.3. The molecule has 3 aliphatic heterocycles. The molecule has 0 spiro atoms. The van der Waals surface area contributed by atoms with Gasteiger partial charge >= 0.3 is 12.4 Å². The fraction of sp³-hybridized carbons (Fsp3) is 0.528. The molecule has 0 bridgehead atoms. The molecule has 3 aromatic rings. The summed E-state index contributed by atoms with van der Waals surface area (Å²) in [5.74, 6) is -1.54. The van der Waals surface area contributed by atoms with Crippen LogP contribution in [0, 0.1) is 11.7 Å². The van der Waals surface area contributed by atoms with Gasteiger partial charge in [-0.25, -0.2) is 4.39 Å². The zero-order chi connectivity index (χ0) is 38.1. The van der Waals surface area contributed by atoms with Crippen molar-refractivity contribution >= 4 is 23.2 Å². The predicted molar refractivity (Wildman–Crippen MR) is 181 cm³/mol. The van der Waals surface area contributed by atoms with E-state index in [4.69, 9.17) is 4.74 Å². The lowest BCUT2D eigenvalue weighted by Crippen LogP contribution is -2.53. The van der Waals surface area contributed by atoms with E-state index in [9.17, 15) is 40.3 Å². The number of carbonyl (C=O) groups is 2. The minimum Gasteiger partial charge on any atom is -0.496 e. The highest BCUT2D eigenvalue weighted by Crippen LogP contribution is 2.36.